The fraction of sp³-hybridized carbons (Fsp3) is 0.556. The van der Waals surface area contributed by atoms with E-state index in [1.54, 1.807) is 6.20 Å². The molecular formula is C18H23N3O2S. The van der Waals surface area contributed by atoms with Crippen molar-refractivity contribution in [2.45, 2.75) is 39.3 Å². The Bertz CT molecular complexity index is 846. The third-order valence-corrected chi connectivity index (χ3v) is 6.48. The normalized spacial score (nSPS) is 26.0. The molecule has 2 bridgehead atoms. The number of fused-ring (bicyclic) bond motifs is 4. The first-order valence-electron chi connectivity index (χ1n) is 8.73. The van der Waals surface area contributed by atoms with Crippen LogP contribution in [0.1, 0.15) is 35.0 Å². The Kier molecular flexibility index (Phi) is 3.96. The van der Waals surface area contributed by atoms with Gasteiger partial charge in [0.1, 0.15) is 5.56 Å². The van der Waals surface area contributed by atoms with Gasteiger partial charge in [0.15, 0.2) is 0 Å². The van der Waals surface area contributed by atoms with E-state index in [4.69, 9.17) is 0 Å². The molecule has 3 aliphatic rings. The lowest BCUT2D eigenvalue weighted by molar-refractivity contribution is 0.0619. The van der Waals surface area contributed by atoms with Gasteiger partial charge < -0.3 is 14.8 Å². The van der Waals surface area contributed by atoms with Gasteiger partial charge in [-0.25, -0.2) is 0 Å². The summed E-state index contributed by atoms with van der Waals surface area (Å²) in [5.74, 6) is 0.342. The summed E-state index contributed by atoms with van der Waals surface area (Å²) < 4.78 is 2.70. The van der Waals surface area contributed by atoms with Gasteiger partial charge in [0.2, 0.25) is 5.43 Å². The number of thiophene rings is 1. The van der Waals surface area contributed by atoms with Gasteiger partial charge in [0.05, 0.1) is 10.2 Å². The van der Waals surface area contributed by atoms with Gasteiger partial charge >= 0.3 is 0 Å². The summed E-state index contributed by atoms with van der Waals surface area (Å²) in [6.45, 7) is 7.97. The van der Waals surface area contributed by atoms with Gasteiger partial charge in [-0.2, -0.15) is 0 Å². The lowest BCUT2D eigenvalue weighted by Crippen LogP contribution is -2.57. The summed E-state index contributed by atoms with van der Waals surface area (Å²) in [7, 11) is 0. The van der Waals surface area contributed by atoms with Crippen molar-refractivity contribution in [3.8, 4) is 0 Å². The number of piperidine rings is 3. The molecule has 1 N–H and O–H groups in total. The van der Waals surface area contributed by atoms with Crippen molar-refractivity contribution >= 4 is 27.5 Å². The van der Waals surface area contributed by atoms with Gasteiger partial charge in [0, 0.05) is 30.2 Å². The Morgan fingerprint density at radius 1 is 1.38 bits per heavy atom. The zero-order valence-corrected chi connectivity index (χ0v) is 15.0. The minimum absolute atomic E-state index is 0.133. The number of nitrogens with zero attached hydrogens (tertiary/aromatic N) is 2. The van der Waals surface area contributed by atoms with Crippen LogP contribution in [0.5, 0.6) is 0 Å². The second kappa shape index (κ2) is 6.01. The summed E-state index contributed by atoms with van der Waals surface area (Å²) in [5, 5.41) is 3.14. The predicted molar refractivity (Wildman–Crippen MR) is 96.9 cm³/mol. The maximum atomic E-state index is 12.8. The maximum Gasteiger partial charge on any atom is 0.257 e. The Morgan fingerprint density at radius 3 is 2.75 bits per heavy atom. The molecule has 1 unspecified atom stereocenters. The number of nitrogens with one attached hydrogen (secondary N) is 1. The highest BCUT2D eigenvalue weighted by Crippen LogP contribution is 2.28. The molecule has 0 aromatic carbocycles. The Hall–Kier alpha value is -1.66. The highest BCUT2D eigenvalue weighted by molar-refractivity contribution is 7.18. The molecule has 2 aromatic heterocycles. The molecule has 0 radical (unpaired) electrons. The van der Waals surface area contributed by atoms with Crippen LogP contribution >= 0.6 is 11.3 Å². The molecule has 5 rings (SSSR count). The first-order chi connectivity index (χ1) is 11.6. The molecule has 3 saturated heterocycles. The van der Waals surface area contributed by atoms with Crippen LogP contribution in [0, 0.1) is 12.8 Å². The number of carbonyl (C=O) groups is 1. The molecule has 1 amide bonds. The average Bonchev–Trinajstić information content (AvgIpc) is 2.98. The fourth-order valence-electron chi connectivity index (χ4n) is 4.08. The molecule has 5 nitrogen and oxygen atoms in total. The Labute approximate surface area is 145 Å². The Balaban J connectivity index is 1.67. The van der Waals surface area contributed by atoms with E-state index >= 15 is 0 Å². The van der Waals surface area contributed by atoms with Gasteiger partial charge in [-0.15, -0.1) is 11.3 Å². The van der Waals surface area contributed by atoms with Crippen LogP contribution in [0.15, 0.2) is 17.1 Å². The molecule has 24 heavy (non-hydrogen) atoms. The topological polar surface area (TPSA) is 54.3 Å². The number of aromatic nitrogens is 1. The average molecular weight is 345 g/mol. The Morgan fingerprint density at radius 2 is 2.12 bits per heavy atom. The summed E-state index contributed by atoms with van der Waals surface area (Å²) in [5.41, 5.74) is 1.08. The first kappa shape index (κ1) is 15.8. The molecule has 1 atom stereocenters. The third kappa shape index (κ3) is 2.58. The van der Waals surface area contributed by atoms with Crippen LogP contribution in [0.25, 0.3) is 10.2 Å². The molecule has 2 aromatic rings. The number of pyridine rings is 1. The quantitative estimate of drug-likeness (QED) is 0.928. The van der Waals surface area contributed by atoms with E-state index in [2.05, 4.69) is 10.2 Å². The summed E-state index contributed by atoms with van der Waals surface area (Å²) >= 11 is 1.48. The van der Waals surface area contributed by atoms with Crippen LogP contribution in [0.3, 0.4) is 0 Å². The first-order valence-corrected chi connectivity index (χ1v) is 9.55. The highest BCUT2D eigenvalue weighted by Gasteiger charge is 2.35. The zero-order chi connectivity index (χ0) is 16.8. The molecule has 0 spiro atoms. The number of rotatable bonds is 3. The molecular weight excluding hydrogens is 322 g/mol. The van der Waals surface area contributed by atoms with Gasteiger partial charge in [-0.1, -0.05) is 0 Å². The largest absolute Gasteiger partial charge is 0.348 e. The predicted octanol–water partition coefficient (Wildman–Crippen LogP) is 2.22. The summed E-state index contributed by atoms with van der Waals surface area (Å²) in [6.07, 6.45) is 4.02. The summed E-state index contributed by atoms with van der Waals surface area (Å²) in [4.78, 5) is 29.1. The lowest BCUT2D eigenvalue weighted by atomic mass is 9.84. The molecule has 0 aliphatic carbocycles. The standard InChI is InChI=1S/C18H23N3O2S/c1-3-21-9-13(16(22)17-15(21)8-11(2)24-17)18(23)19-14-10-20-6-4-12(14)5-7-20/h8-9,12,14H,3-7,10H2,1-2H3,(H,19,23). The van der Waals surface area contributed by atoms with Crippen molar-refractivity contribution in [3.05, 3.63) is 32.9 Å². The minimum atomic E-state index is -0.214. The van der Waals surface area contributed by atoms with E-state index in [1.165, 1.54) is 11.3 Å². The van der Waals surface area contributed by atoms with E-state index in [0.717, 1.165) is 49.4 Å². The van der Waals surface area contributed by atoms with Gasteiger partial charge in [-0.3, -0.25) is 9.59 Å². The van der Waals surface area contributed by atoms with E-state index in [1.807, 2.05) is 24.5 Å². The number of aryl methyl sites for hydroxylation is 2. The van der Waals surface area contributed by atoms with Crippen LogP contribution in [-0.2, 0) is 6.54 Å². The minimum Gasteiger partial charge on any atom is -0.348 e. The van der Waals surface area contributed by atoms with Crippen LogP contribution in [0.2, 0.25) is 0 Å². The van der Waals surface area contributed by atoms with Crippen molar-refractivity contribution in [1.29, 1.82) is 0 Å². The van der Waals surface area contributed by atoms with E-state index in [-0.39, 0.29) is 22.9 Å². The van der Waals surface area contributed by atoms with Crippen molar-refractivity contribution in [1.82, 2.24) is 14.8 Å². The van der Waals surface area contributed by atoms with Crippen molar-refractivity contribution < 1.29 is 4.79 Å². The fourth-order valence-corrected chi connectivity index (χ4v) is 5.06. The zero-order valence-electron chi connectivity index (χ0n) is 14.2. The molecule has 128 valence electrons. The number of carbonyl (C=O) groups excluding carboxylic acids is 1. The SMILES string of the molecule is CCn1cc(C(=O)NC2CN3CCC2CC3)c(=O)c2sc(C)cc21. The molecule has 3 fully saturated rings. The highest BCUT2D eigenvalue weighted by atomic mass is 32.1. The number of hydrogen-bond acceptors (Lipinski definition) is 4. The molecule has 3 aliphatic heterocycles. The number of hydrogen-bond donors (Lipinski definition) is 1. The molecule has 5 heterocycles. The van der Waals surface area contributed by atoms with E-state index in [9.17, 15) is 9.59 Å². The van der Waals surface area contributed by atoms with Gasteiger partial charge in [-0.05, 0) is 51.8 Å². The second-order valence-corrected chi connectivity index (χ2v) is 8.20. The van der Waals surface area contributed by atoms with E-state index in [0.29, 0.717) is 10.6 Å². The van der Waals surface area contributed by atoms with Crippen LogP contribution in [-0.4, -0.2) is 41.1 Å². The maximum absolute atomic E-state index is 12.8. The van der Waals surface area contributed by atoms with Crippen molar-refractivity contribution in [2.75, 3.05) is 19.6 Å². The second-order valence-electron chi connectivity index (χ2n) is 6.95. The van der Waals surface area contributed by atoms with Crippen LogP contribution < -0.4 is 10.7 Å². The lowest BCUT2D eigenvalue weighted by Gasteiger charge is -2.44. The van der Waals surface area contributed by atoms with Crippen molar-refractivity contribution in [2.24, 2.45) is 5.92 Å². The van der Waals surface area contributed by atoms with E-state index < -0.39 is 0 Å². The smallest absolute Gasteiger partial charge is 0.257 e. The molecule has 0 saturated carbocycles. The monoisotopic (exact) mass is 345 g/mol. The van der Waals surface area contributed by atoms with Crippen molar-refractivity contribution in [3.63, 3.8) is 0 Å². The van der Waals surface area contributed by atoms with Gasteiger partial charge in [0.25, 0.3) is 5.91 Å². The third-order valence-electron chi connectivity index (χ3n) is 5.44. The molecule has 6 heteroatoms. The number of amides is 1. The van der Waals surface area contributed by atoms with Crippen LogP contribution in [0.4, 0.5) is 0 Å². The summed E-state index contributed by atoms with van der Waals surface area (Å²) in [6, 6.07) is 2.20.